The van der Waals surface area contributed by atoms with E-state index < -0.39 is 10.2 Å². The monoisotopic (exact) mass is 195 g/mol. The lowest BCUT2D eigenvalue weighted by atomic mass is 10.0. The minimum Gasteiger partial charge on any atom is -0.330 e. The van der Waals surface area contributed by atoms with Crippen LogP contribution in [0.15, 0.2) is 0 Å². The van der Waals surface area contributed by atoms with Crippen LogP contribution in [0.25, 0.3) is 0 Å². The molecule has 0 aromatic heterocycles. The third kappa shape index (κ3) is 5.48. The lowest BCUT2D eigenvalue weighted by molar-refractivity contribution is 0.429. The summed E-state index contributed by atoms with van der Waals surface area (Å²) in [4.78, 5) is 0. The van der Waals surface area contributed by atoms with Crippen molar-refractivity contribution in [1.29, 1.82) is 0 Å². The molecule has 0 fully saturated rings. The highest BCUT2D eigenvalue weighted by Gasteiger charge is 2.16. The van der Waals surface area contributed by atoms with Crippen molar-refractivity contribution >= 4 is 10.2 Å². The van der Waals surface area contributed by atoms with Crippen LogP contribution < -0.4 is 15.6 Å². The summed E-state index contributed by atoms with van der Waals surface area (Å²) in [5.41, 5.74) is 5.31. The van der Waals surface area contributed by atoms with Crippen LogP contribution in [0.1, 0.15) is 20.3 Å². The highest BCUT2D eigenvalue weighted by Crippen LogP contribution is 2.05. The quantitative estimate of drug-likeness (QED) is 0.533. The topological polar surface area (TPSA) is 98.2 Å². The van der Waals surface area contributed by atoms with Crippen LogP contribution in [0.3, 0.4) is 0 Å². The normalized spacial score (nSPS) is 15.1. The molecule has 1 unspecified atom stereocenters. The van der Waals surface area contributed by atoms with Gasteiger partial charge in [-0.3, -0.25) is 0 Å². The predicted molar refractivity (Wildman–Crippen MR) is 48.5 cm³/mol. The maximum atomic E-state index is 10.6. The lowest BCUT2D eigenvalue weighted by Crippen LogP contribution is -2.43. The average molecular weight is 195 g/mol. The molecule has 6 heteroatoms. The molecule has 12 heavy (non-hydrogen) atoms. The van der Waals surface area contributed by atoms with Gasteiger partial charge in [-0.1, -0.05) is 13.8 Å². The summed E-state index contributed by atoms with van der Waals surface area (Å²) >= 11 is 0. The Morgan fingerprint density at radius 3 is 2.17 bits per heavy atom. The molecular formula is C6H17N3O2S. The van der Waals surface area contributed by atoms with Crippen LogP contribution in [-0.4, -0.2) is 21.0 Å². The van der Waals surface area contributed by atoms with Crippen LogP contribution in [0, 0.1) is 5.92 Å². The van der Waals surface area contributed by atoms with Gasteiger partial charge < -0.3 is 5.73 Å². The van der Waals surface area contributed by atoms with Crippen molar-refractivity contribution in [2.75, 3.05) is 6.54 Å². The molecule has 74 valence electrons. The van der Waals surface area contributed by atoms with Gasteiger partial charge in [0, 0.05) is 6.04 Å². The van der Waals surface area contributed by atoms with E-state index in [0.717, 1.165) is 0 Å². The molecule has 1 atom stereocenters. The fourth-order valence-electron chi connectivity index (χ4n) is 0.919. The zero-order chi connectivity index (χ0) is 9.78. The Labute approximate surface area is 73.7 Å². The standard InChI is InChI=1S/C6H17N3O2S/c1-5(2)6(3-4-7)9-12(8,10)11/h5-6,9H,3-4,7H2,1-2H3,(H2,8,10,11). The maximum Gasteiger partial charge on any atom is 0.274 e. The summed E-state index contributed by atoms with van der Waals surface area (Å²) in [6, 6.07) is -0.162. The van der Waals surface area contributed by atoms with E-state index in [2.05, 4.69) is 4.72 Å². The molecule has 0 saturated carbocycles. The van der Waals surface area contributed by atoms with Crippen molar-refractivity contribution < 1.29 is 8.42 Å². The van der Waals surface area contributed by atoms with Crippen molar-refractivity contribution in [1.82, 2.24) is 4.72 Å². The first kappa shape index (κ1) is 11.8. The summed E-state index contributed by atoms with van der Waals surface area (Å²) in [7, 11) is -3.60. The van der Waals surface area contributed by atoms with Crippen molar-refractivity contribution in [3.63, 3.8) is 0 Å². The smallest absolute Gasteiger partial charge is 0.274 e. The van der Waals surface area contributed by atoms with E-state index in [1.165, 1.54) is 0 Å². The van der Waals surface area contributed by atoms with E-state index in [9.17, 15) is 8.42 Å². The molecule has 0 heterocycles. The minimum atomic E-state index is -3.60. The Hall–Kier alpha value is -0.170. The van der Waals surface area contributed by atoms with Crippen molar-refractivity contribution in [3.8, 4) is 0 Å². The summed E-state index contributed by atoms with van der Waals surface area (Å²) in [5.74, 6) is 0.201. The number of nitrogens with one attached hydrogen (secondary N) is 1. The Bertz CT molecular complexity index is 213. The Balaban J connectivity index is 4.14. The van der Waals surface area contributed by atoms with Gasteiger partial charge in [0.1, 0.15) is 0 Å². The second kappa shape index (κ2) is 4.76. The molecule has 0 aromatic carbocycles. The molecule has 0 rings (SSSR count). The van der Waals surface area contributed by atoms with E-state index in [-0.39, 0.29) is 12.0 Å². The van der Waals surface area contributed by atoms with E-state index in [1.54, 1.807) is 0 Å². The molecule has 0 spiro atoms. The highest BCUT2D eigenvalue weighted by molar-refractivity contribution is 7.87. The number of rotatable bonds is 5. The number of hydrogen-bond acceptors (Lipinski definition) is 3. The Morgan fingerprint density at radius 1 is 1.42 bits per heavy atom. The predicted octanol–water partition coefficient (Wildman–Crippen LogP) is -0.847. The molecule has 0 aliphatic carbocycles. The van der Waals surface area contributed by atoms with Crippen LogP contribution in [0.4, 0.5) is 0 Å². The molecule has 5 nitrogen and oxygen atoms in total. The fourth-order valence-corrected chi connectivity index (χ4v) is 1.73. The molecule has 0 bridgehead atoms. The van der Waals surface area contributed by atoms with Gasteiger partial charge >= 0.3 is 0 Å². The lowest BCUT2D eigenvalue weighted by Gasteiger charge is -2.19. The molecule has 0 aliphatic rings. The summed E-state index contributed by atoms with van der Waals surface area (Å²) < 4.78 is 23.6. The zero-order valence-corrected chi connectivity index (χ0v) is 8.26. The van der Waals surface area contributed by atoms with Gasteiger partial charge in [-0.05, 0) is 18.9 Å². The Kier molecular flexibility index (Phi) is 4.69. The minimum absolute atomic E-state index is 0.162. The zero-order valence-electron chi connectivity index (χ0n) is 7.45. The number of hydrogen-bond donors (Lipinski definition) is 3. The maximum absolute atomic E-state index is 10.6. The van der Waals surface area contributed by atoms with E-state index in [0.29, 0.717) is 13.0 Å². The van der Waals surface area contributed by atoms with Crippen molar-refractivity contribution in [2.45, 2.75) is 26.3 Å². The second-order valence-corrected chi connectivity index (χ2v) is 4.42. The third-order valence-corrected chi connectivity index (χ3v) is 2.23. The highest BCUT2D eigenvalue weighted by atomic mass is 32.2. The molecule has 0 amide bonds. The first-order valence-electron chi connectivity index (χ1n) is 3.87. The number of nitrogens with two attached hydrogens (primary N) is 2. The SMILES string of the molecule is CC(C)C(CCN)NS(N)(=O)=O. The molecule has 0 radical (unpaired) electrons. The summed E-state index contributed by atoms with van der Waals surface area (Å²) in [6.07, 6.45) is 0.605. The molecule has 0 saturated heterocycles. The van der Waals surface area contributed by atoms with Gasteiger partial charge in [0.15, 0.2) is 0 Å². The fraction of sp³-hybridized carbons (Fsp3) is 1.00. The van der Waals surface area contributed by atoms with Gasteiger partial charge in [0.05, 0.1) is 0 Å². The van der Waals surface area contributed by atoms with Crippen LogP contribution >= 0.6 is 0 Å². The average Bonchev–Trinajstić information content (AvgIpc) is 1.83. The van der Waals surface area contributed by atoms with E-state index >= 15 is 0 Å². The van der Waals surface area contributed by atoms with Crippen LogP contribution in [-0.2, 0) is 10.2 Å². The first-order chi connectivity index (χ1) is 5.37. The van der Waals surface area contributed by atoms with Crippen molar-refractivity contribution in [3.05, 3.63) is 0 Å². The molecule has 0 aromatic rings. The summed E-state index contributed by atoms with van der Waals surface area (Å²) in [5, 5.41) is 4.82. The molecule has 0 aliphatic heterocycles. The van der Waals surface area contributed by atoms with Crippen molar-refractivity contribution in [2.24, 2.45) is 16.8 Å². The summed E-state index contributed by atoms with van der Waals surface area (Å²) in [6.45, 7) is 4.28. The Morgan fingerprint density at radius 2 is 1.92 bits per heavy atom. The second-order valence-electron chi connectivity index (χ2n) is 3.09. The van der Waals surface area contributed by atoms with Crippen LogP contribution in [0.2, 0.25) is 0 Å². The largest absolute Gasteiger partial charge is 0.330 e. The van der Waals surface area contributed by atoms with E-state index in [1.807, 2.05) is 13.8 Å². The van der Waals surface area contributed by atoms with Gasteiger partial charge in [-0.15, -0.1) is 0 Å². The van der Waals surface area contributed by atoms with Crippen LogP contribution in [0.5, 0.6) is 0 Å². The molecular weight excluding hydrogens is 178 g/mol. The van der Waals surface area contributed by atoms with Gasteiger partial charge in [0.25, 0.3) is 10.2 Å². The first-order valence-corrected chi connectivity index (χ1v) is 5.41. The van der Waals surface area contributed by atoms with E-state index in [4.69, 9.17) is 10.9 Å². The van der Waals surface area contributed by atoms with Gasteiger partial charge in [-0.25, -0.2) is 5.14 Å². The third-order valence-electron chi connectivity index (χ3n) is 1.60. The van der Waals surface area contributed by atoms with Gasteiger partial charge in [-0.2, -0.15) is 13.1 Å². The molecule has 5 N–H and O–H groups in total. The van der Waals surface area contributed by atoms with Gasteiger partial charge in [0.2, 0.25) is 0 Å².